The van der Waals surface area contributed by atoms with E-state index in [2.05, 4.69) is 0 Å². The summed E-state index contributed by atoms with van der Waals surface area (Å²) >= 11 is 0. The van der Waals surface area contributed by atoms with Crippen molar-refractivity contribution in [3.05, 3.63) is 52.0 Å². The van der Waals surface area contributed by atoms with E-state index in [1.807, 2.05) is 13.0 Å². The molecule has 0 spiro atoms. The summed E-state index contributed by atoms with van der Waals surface area (Å²) in [4.78, 5) is 26.4. The summed E-state index contributed by atoms with van der Waals surface area (Å²) in [7, 11) is 3.06. The molecule has 6 atom stereocenters. The van der Waals surface area contributed by atoms with Crippen molar-refractivity contribution in [1.29, 1.82) is 0 Å². The van der Waals surface area contributed by atoms with Gasteiger partial charge in [-0.2, -0.15) is 0 Å². The van der Waals surface area contributed by atoms with Gasteiger partial charge in [0.05, 0.1) is 18.1 Å². The van der Waals surface area contributed by atoms with Gasteiger partial charge in [0.1, 0.15) is 22.8 Å². The van der Waals surface area contributed by atoms with Crippen LogP contribution in [0.15, 0.2) is 40.9 Å². The van der Waals surface area contributed by atoms with Gasteiger partial charge in [-0.3, -0.25) is 14.5 Å². The number of ketones is 1. The van der Waals surface area contributed by atoms with E-state index < -0.39 is 58.4 Å². The zero-order valence-electron chi connectivity index (χ0n) is 17.4. The molecular formula is C22H26N2O7. The first-order chi connectivity index (χ1) is 14.4. The van der Waals surface area contributed by atoms with Crippen LogP contribution < -0.4 is 5.73 Å². The van der Waals surface area contributed by atoms with Crippen LogP contribution in [0.1, 0.15) is 24.0 Å². The molecule has 31 heavy (non-hydrogen) atoms. The minimum Gasteiger partial charge on any atom is -0.509 e. The van der Waals surface area contributed by atoms with E-state index in [-0.39, 0.29) is 23.7 Å². The number of hydrogen-bond donors (Lipinski definition) is 6. The van der Waals surface area contributed by atoms with Gasteiger partial charge in [-0.1, -0.05) is 19.1 Å². The van der Waals surface area contributed by atoms with Gasteiger partial charge < -0.3 is 31.3 Å². The van der Waals surface area contributed by atoms with Crippen LogP contribution in [0.4, 0.5) is 0 Å². The van der Waals surface area contributed by atoms with Gasteiger partial charge in [0.15, 0.2) is 11.4 Å². The maximum atomic E-state index is 13.0. The number of nitrogens with zero attached hydrogens (tertiary/aromatic N) is 1. The second-order valence-corrected chi connectivity index (χ2v) is 8.85. The lowest BCUT2D eigenvalue weighted by atomic mass is 9.56. The van der Waals surface area contributed by atoms with Crippen LogP contribution >= 0.6 is 0 Å². The van der Waals surface area contributed by atoms with Crippen LogP contribution in [0.2, 0.25) is 0 Å². The number of rotatable bonds is 2. The monoisotopic (exact) mass is 430 g/mol. The number of carbonyl (C=O) groups is 2. The van der Waals surface area contributed by atoms with Gasteiger partial charge in [0.25, 0.3) is 5.91 Å². The van der Waals surface area contributed by atoms with Gasteiger partial charge >= 0.3 is 0 Å². The van der Waals surface area contributed by atoms with Gasteiger partial charge in [0.2, 0.25) is 0 Å². The van der Waals surface area contributed by atoms with Crippen molar-refractivity contribution < 1.29 is 35.1 Å². The number of nitrogens with two attached hydrogens (primary N) is 1. The van der Waals surface area contributed by atoms with Crippen molar-refractivity contribution in [3.63, 3.8) is 0 Å². The smallest absolute Gasteiger partial charge is 0.255 e. The van der Waals surface area contributed by atoms with E-state index in [9.17, 15) is 35.1 Å². The SMILES string of the molecule is CC1c2cccc(O)c2CC2=C(O)C3(O)C(O)=C(C(N)=O)C(=O)C(N(C)C)C3C(O)C21. The van der Waals surface area contributed by atoms with Crippen molar-refractivity contribution in [2.75, 3.05) is 14.1 Å². The molecule has 0 heterocycles. The lowest BCUT2D eigenvalue weighted by molar-refractivity contribution is -0.152. The molecule has 9 nitrogen and oxygen atoms in total. The van der Waals surface area contributed by atoms with Crippen molar-refractivity contribution >= 4 is 11.7 Å². The van der Waals surface area contributed by atoms with Crippen LogP contribution in [-0.2, 0) is 16.0 Å². The zero-order valence-corrected chi connectivity index (χ0v) is 17.4. The van der Waals surface area contributed by atoms with Gasteiger partial charge in [0, 0.05) is 17.9 Å². The molecular weight excluding hydrogens is 404 g/mol. The number of benzene rings is 1. The summed E-state index contributed by atoms with van der Waals surface area (Å²) < 4.78 is 0. The quantitative estimate of drug-likeness (QED) is 0.357. The fourth-order valence-corrected chi connectivity index (χ4v) is 5.73. The third-order valence-electron chi connectivity index (χ3n) is 7.13. The molecule has 0 fully saturated rings. The first-order valence-corrected chi connectivity index (χ1v) is 10.0. The summed E-state index contributed by atoms with van der Waals surface area (Å²) in [5.41, 5.74) is 3.48. The average molecular weight is 430 g/mol. The number of fused-ring (bicyclic) bond motifs is 3. The predicted octanol–water partition coefficient (Wildman–Crippen LogP) is 0.0122. The molecule has 1 aromatic rings. The van der Waals surface area contributed by atoms with E-state index >= 15 is 0 Å². The van der Waals surface area contributed by atoms with Crippen LogP contribution in [-0.4, -0.2) is 74.0 Å². The summed E-state index contributed by atoms with van der Waals surface area (Å²) in [5.74, 6) is -6.16. The number of aliphatic hydroxyl groups excluding tert-OH is 3. The average Bonchev–Trinajstić information content (AvgIpc) is 2.68. The molecule has 1 amide bonds. The first-order valence-electron chi connectivity index (χ1n) is 10.0. The second kappa shape index (κ2) is 6.81. The van der Waals surface area contributed by atoms with Gasteiger partial charge in [-0.05, 0) is 37.2 Å². The van der Waals surface area contributed by atoms with E-state index in [0.717, 1.165) is 5.56 Å². The highest BCUT2D eigenvalue weighted by molar-refractivity contribution is 6.22. The number of phenols is 1. The van der Waals surface area contributed by atoms with E-state index in [4.69, 9.17) is 5.73 Å². The largest absolute Gasteiger partial charge is 0.509 e. The molecule has 0 bridgehead atoms. The summed E-state index contributed by atoms with van der Waals surface area (Å²) in [6, 6.07) is 3.79. The molecule has 3 aliphatic carbocycles. The summed E-state index contributed by atoms with van der Waals surface area (Å²) in [5, 5.41) is 55.4. The third-order valence-corrected chi connectivity index (χ3v) is 7.13. The maximum absolute atomic E-state index is 13.0. The van der Waals surface area contributed by atoms with Crippen LogP contribution in [0.5, 0.6) is 5.75 Å². The Bertz CT molecular complexity index is 1060. The van der Waals surface area contributed by atoms with Crippen LogP contribution in [0.25, 0.3) is 0 Å². The number of aliphatic hydroxyl groups is 4. The highest BCUT2D eigenvalue weighted by Gasteiger charge is 2.65. The first kappa shape index (κ1) is 21.4. The van der Waals surface area contributed by atoms with Crippen LogP contribution in [0.3, 0.4) is 0 Å². The highest BCUT2D eigenvalue weighted by atomic mass is 16.4. The predicted molar refractivity (Wildman–Crippen MR) is 109 cm³/mol. The van der Waals surface area contributed by atoms with Crippen molar-refractivity contribution in [1.82, 2.24) is 4.90 Å². The fraction of sp³-hybridized carbons (Fsp3) is 0.455. The van der Waals surface area contributed by atoms with Crippen molar-refractivity contribution in [2.24, 2.45) is 17.6 Å². The molecule has 0 aliphatic heterocycles. The zero-order chi connectivity index (χ0) is 23.0. The Balaban J connectivity index is 2.03. The topological polar surface area (TPSA) is 165 Å². The minimum absolute atomic E-state index is 0.00859. The molecule has 7 N–H and O–H groups in total. The Labute approximate surface area is 178 Å². The Kier molecular flexibility index (Phi) is 4.69. The van der Waals surface area contributed by atoms with E-state index in [1.165, 1.54) is 25.1 Å². The number of amides is 1. The maximum Gasteiger partial charge on any atom is 0.255 e. The Hall–Kier alpha value is -2.88. The normalized spacial score (nSPS) is 35.0. The second-order valence-electron chi connectivity index (χ2n) is 8.85. The van der Waals surface area contributed by atoms with Gasteiger partial charge in [-0.25, -0.2) is 0 Å². The standard InChI is InChI=1S/C22H26N2O7/c1-8-9-5-4-6-12(25)10(9)7-11-13(8)17(26)15-16(24(2)3)18(27)14(21(23)30)20(29)22(15,31)19(11)28/h4-6,8,13,15-17,25-26,28-29,31H,7H2,1-3H3,(H2,23,30). The highest BCUT2D eigenvalue weighted by Crippen LogP contribution is 2.55. The Morgan fingerprint density at radius 2 is 1.84 bits per heavy atom. The Morgan fingerprint density at radius 1 is 1.19 bits per heavy atom. The number of primary amides is 1. The molecule has 1 aromatic carbocycles. The Morgan fingerprint density at radius 3 is 2.42 bits per heavy atom. The molecule has 0 aromatic heterocycles. The molecule has 4 rings (SSSR count). The third kappa shape index (κ3) is 2.60. The van der Waals surface area contributed by atoms with E-state index in [1.54, 1.807) is 6.07 Å². The van der Waals surface area contributed by atoms with E-state index in [0.29, 0.717) is 5.56 Å². The van der Waals surface area contributed by atoms with Crippen LogP contribution in [0, 0.1) is 11.8 Å². The number of Topliss-reactive ketones (excluding diaryl/α,β-unsaturated/α-hetero) is 1. The minimum atomic E-state index is -2.58. The summed E-state index contributed by atoms with van der Waals surface area (Å²) in [6.45, 7) is 1.82. The lowest BCUT2D eigenvalue weighted by Crippen LogP contribution is -2.67. The molecule has 6 unspecified atom stereocenters. The molecule has 9 heteroatoms. The molecule has 0 saturated carbocycles. The lowest BCUT2D eigenvalue weighted by Gasteiger charge is -2.54. The van der Waals surface area contributed by atoms with Crippen molar-refractivity contribution in [3.8, 4) is 5.75 Å². The molecule has 0 saturated heterocycles. The molecule has 0 radical (unpaired) electrons. The fourth-order valence-electron chi connectivity index (χ4n) is 5.73. The summed E-state index contributed by atoms with van der Waals surface area (Å²) in [6.07, 6.45) is -1.33. The van der Waals surface area contributed by atoms with Crippen molar-refractivity contribution in [2.45, 2.75) is 37.0 Å². The number of carbonyl (C=O) groups excluding carboxylic acids is 2. The molecule has 3 aliphatic rings. The number of phenolic OH excluding ortho intramolecular Hbond substituents is 1. The van der Waals surface area contributed by atoms with Gasteiger partial charge in [-0.15, -0.1) is 0 Å². The molecule has 166 valence electrons. The number of likely N-dealkylation sites (N-methyl/N-ethyl adjacent to an activating group) is 1. The number of aromatic hydroxyl groups is 1. The number of hydrogen-bond acceptors (Lipinski definition) is 8.